The third-order valence-electron chi connectivity index (χ3n) is 4.33. The van der Waals surface area contributed by atoms with E-state index in [2.05, 4.69) is 10.6 Å². The lowest BCUT2D eigenvalue weighted by Crippen LogP contribution is -2.47. The van der Waals surface area contributed by atoms with Crippen LogP contribution in [0.1, 0.15) is 37.7 Å². The second-order valence-corrected chi connectivity index (χ2v) is 6.75. The van der Waals surface area contributed by atoms with Crippen LogP contribution in [0.2, 0.25) is 0 Å². The van der Waals surface area contributed by atoms with E-state index in [9.17, 15) is 29.1 Å². The zero-order valence-corrected chi connectivity index (χ0v) is 17.0. The van der Waals surface area contributed by atoms with Gasteiger partial charge in [-0.25, -0.2) is 9.59 Å². The summed E-state index contributed by atoms with van der Waals surface area (Å²) in [6.07, 6.45) is -0.451. The van der Waals surface area contributed by atoms with Gasteiger partial charge in [0.2, 0.25) is 11.8 Å². The summed E-state index contributed by atoms with van der Waals surface area (Å²) in [6.45, 7) is 0. The highest BCUT2D eigenvalue weighted by atomic mass is 16.5. The van der Waals surface area contributed by atoms with E-state index in [1.807, 2.05) is 12.1 Å². The molecule has 1 aromatic rings. The Morgan fingerprint density at radius 2 is 1.45 bits per heavy atom. The number of carbonyl (C=O) groups excluding carboxylic acids is 2. The zero-order chi connectivity index (χ0) is 23.4. The van der Waals surface area contributed by atoms with E-state index in [1.165, 1.54) is 0 Å². The summed E-state index contributed by atoms with van der Waals surface area (Å²) in [5, 5.41) is 31.2. The summed E-state index contributed by atoms with van der Waals surface area (Å²) in [5.74, 6) is -4.90. The molecule has 11 heteroatoms. The molecule has 5 N–H and O–H groups in total. The second-order valence-electron chi connectivity index (χ2n) is 6.75. The summed E-state index contributed by atoms with van der Waals surface area (Å²) in [6, 6.07) is 4.26. The molecular formula is C20H26N2O9. The van der Waals surface area contributed by atoms with Crippen molar-refractivity contribution in [1.29, 1.82) is 0 Å². The Kier molecular flexibility index (Phi) is 10.5. The number of nitrogens with one attached hydrogen (secondary N) is 2. The van der Waals surface area contributed by atoms with Gasteiger partial charge in [0.15, 0.2) is 0 Å². The Bertz CT molecular complexity index is 792. The third-order valence-corrected chi connectivity index (χ3v) is 4.33. The molecule has 0 aliphatic heterocycles. The fourth-order valence-electron chi connectivity index (χ4n) is 2.68. The number of amides is 2. The van der Waals surface area contributed by atoms with Crippen LogP contribution >= 0.6 is 0 Å². The highest BCUT2D eigenvalue weighted by Gasteiger charge is 2.26. The van der Waals surface area contributed by atoms with E-state index in [0.29, 0.717) is 18.6 Å². The van der Waals surface area contributed by atoms with Crippen molar-refractivity contribution in [2.24, 2.45) is 0 Å². The molecule has 0 bridgehead atoms. The molecule has 1 rings (SSSR count). The van der Waals surface area contributed by atoms with Gasteiger partial charge < -0.3 is 30.7 Å². The van der Waals surface area contributed by atoms with Crippen molar-refractivity contribution < 1.29 is 44.0 Å². The molecule has 0 unspecified atom stereocenters. The van der Waals surface area contributed by atoms with E-state index in [-0.39, 0.29) is 12.8 Å². The van der Waals surface area contributed by atoms with Gasteiger partial charge in [-0.05, 0) is 37.0 Å². The van der Waals surface area contributed by atoms with E-state index >= 15 is 0 Å². The number of carboxylic acids is 3. The third kappa shape index (κ3) is 10.1. The Balaban J connectivity index is 2.51. The average Bonchev–Trinajstić information content (AvgIpc) is 2.70. The standard InChI is InChI=1S/C20H26N2O9/c1-31-13-7-5-12(6-8-13)3-2-4-16(23)22-15(20(29)30)11-17(24)21-14(19(27)28)9-10-18(25)26/h5-8,14-15H,2-4,9-11H2,1H3,(H,21,24)(H,22,23)(H,25,26)(H,27,28)(H,29,30)/t14-,15-/m0/s1. The Morgan fingerprint density at radius 1 is 0.871 bits per heavy atom. The first-order valence-electron chi connectivity index (χ1n) is 9.51. The first-order chi connectivity index (χ1) is 14.6. The topological polar surface area (TPSA) is 179 Å². The number of methoxy groups -OCH3 is 1. The van der Waals surface area contributed by atoms with E-state index in [4.69, 9.17) is 14.9 Å². The monoisotopic (exact) mass is 438 g/mol. The van der Waals surface area contributed by atoms with Crippen molar-refractivity contribution in [1.82, 2.24) is 10.6 Å². The number of aliphatic carboxylic acids is 3. The molecule has 0 spiro atoms. The first-order valence-corrected chi connectivity index (χ1v) is 9.51. The van der Waals surface area contributed by atoms with Gasteiger partial charge in [-0.3, -0.25) is 14.4 Å². The van der Waals surface area contributed by atoms with Crippen molar-refractivity contribution in [2.45, 2.75) is 50.6 Å². The molecule has 0 radical (unpaired) electrons. The molecule has 0 saturated carbocycles. The summed E-state index contributed by atoms with van der Waals surface area (Å²) in [4.78, 5) is 57.1. The average molecular weight is 438 g/mol. The molecule has 2 atom stereocenters. The SMILES string of the molecule is COc1ccc(CCCC(=O)N[C@@H](CC(=O)N[C@@H](CCC(=O)O)C(=O)O)C(=O)O)cc1. The van der Waals surface area contributed by atoms with Gasteiger partial charge in [-0.15, -0.1) is 0 Å². The number of carboxylic acid groups (broad SMARTS) is 3. The Morgan fingerprint density at radius 3 is 1.97 bits per heavy atom. The van der Waals surface area contributed by atoms with Gasteiger partial charge in [-0.1, -0.05) is 12.1 Å². The fraction of sp³-hybridized carbons (Fsp3) is 0.450. The minimum absolute atomic E-state index is 0.0355. The van der Waals surface area contributed by atoms with Crippen LogP contribution in [0.4, 0.5) is 0 Å². The molecule has 0 aliphatic carbocycles. The van der Waals surface area contributed by atoms with Gasteiger partial charge in [0, 0.05) is 12.8 Å². The number of benzene rings is 1. The van der Waals surface area contributed by atoms with Gasteiger partial charge in [0.25, 0.3) is 0 Å². The smallest absolute Gasteiger partial charge is 0.326 e. The molecule has 0 fully saturated rings. The summed E-state index contributed by atoms with van der Waals surface area (Å²) in [7, 11) is 1.55. The van der Waals surface area contributed by atoms with Crippen molar-refractivity contribution in [3.63, 3.8) is 0 Å². The fourth-order valence-corrected chi connectivity index (χ4v) is 2.68. The molecule has 0 aromatic heterocycles. The molecular weight excluding hydrogens is 412 g/mol. The number of hydrogen-bond donors (Lipinski definition) is 5. The van der Waals surface area contributed by atoms with E-state index in [0.717, 1.165) is 5.56 Å². The maximum Gasteiger partial charge on any atom is 0.326 e. The van der Waals surface area contributed by atoms with Crippen LogP contribution in [-0.2, 0) is 30.4 Å². The highest BCUT2D eigenvalue weighted by molar-refractivity contribution is 5.90. The molecule has 11 nitrogen and oxygen atoms in total. The normalized spacial score (nSPS) is 12.3. The maximum absolute atomic E-state index is 12.1. The van der Waals surface area contributed by atoms with Crippen molar-refractivity contribution in [3.05, 3.63) is 29.8 Å². The van der Waals surface area contributed by atoms with Gasteiger partial charge >= 0.3 is 17.9 Å². The minimum Gasteiger partial charge on any atom is -0.497 e. The molecule has 31 heavy (non-hydrogen) atoms. The number of carbonyl (C=O) groups is 5. The minimum atomic E-state index is -1.54. The van der Waals surface area contributed by atoms with Crippen molar-refractivity contribution in [3.8, 4) is 5.75 Å². The number of aryl methyl sites for hydroxylation is 1. The molecule has 0 aliphatic rings. The van der Waals surface area contributed by atoms with Crippen LogP contribution in [-0.4, -0.2) is 64.2 Å². The van der Waals surface area contributed by atoms with Gasteiger partial charge in [0.05, 0.1) is 13.5 Å². The second kappa shape index (κ2) is 12.8. The summed E-state index contributed by atoms with van der Waals surface area (Å²) >= 11 is 0. The van der Waals surface area contributed by atoms with Crippen LogP contribution in [0.3, 0.4) is 0 Å². The lowest BCUT2D eigenvalue weighted by molar-refractivity contribution is -0.145. The van der Waals surface area contributed by atoms with Crippen LogP contribution in [0.15, 0.2) is 24.3 Å². The first kappa shape index (κ1) is 25.4. The zero-order valence-electron chi connectivity index (χ0n) is 17.0. The molecule has 2 amide bonds. The molecule has 0 heterocycles. The van der Waals surface area contributed by atoms with Crippen LogP contribution in [0.25, 0.3) is 0 Å². The van der Waals surface area contributed by atoms with Crippen molar-refractivity contribution >= 4 is 29.7 Å². The largest absolute Gasteiger partial charge is 0.497 e. The number of ether oxygens (including phenoxy) is 1. The van der Waals surface area contributed by atoms with E-state index in [1.54, 1.807) is 19.2 Å². The Labute approximate surface area is 178 Å². The number of hydrogen-bond acceptors (Lipinski definition) is 6. The van der Waals surface area contributed by atoms with Gasteiger partial charge in [-0.2, -0.15) is 0 Å². The summed E-state index contributed by atoms with van der Waals surface area (Å²) < 4.78 is 5.06. The molecule has 0 saturated heterocycles. The lowest BCUT2D eigenvalue weighted by Gasteiger charge is -2.17. The van der Waals surface area contributed by atoms with E-state index < -0.39 is 54.6 Å². The van der Waals surface area contributed by atoms with Crippen LogP contribution in [0, 0.1) is 0 Å². The van der Waals surface area contributed by atoms with Crippen LogP contribution < -0.4 is 15.4 Å². The molecule has 1 aromatic carbocycles. The molecule has 170 valence electrons. The van der Waals surface area contributed by atoms with Gasteiger partial charge in [0.1, 0.15) is 17.8 Å². The highest BCUT2D eigenvalue weighted by Crippen LogP contribution is 2.13. The predicted octanol–water partition coefficient (Wildman–Crippen LogP) is 0.412. The lowest BCUT2D eigenvalue weighted by atomic mass is 10.1. The quantitative estimate of drug-likeness (QED) is 0.275. The van der Waals surface area contributed by atoms with Crippen LogP contribution in [0.5, 0.6) is 5.75 Å². The number of rotatable bonds is 14. The maximum atomic E-state index is 12.1. The van der Waals surface area contributed by atoms with Crippen molar-refractivity contribution in [2.75, 3.05) is 7.11 Å². The summed E-state index contributed by atoms with van der Waals surface area (Å²) in [5.41, 5.74) is 0.976. The predicted molar refractivity (Wildman–Crippen MR) is 107 cm³/mol. The Hall–Kier alpha value is -3.63.